The van der Waals surface area contributed by atoms with Crippen LogP contribution in [0.4, 0.5) is 4.79 Å². The SMILES string of the molecule is CCCCCCCC(C)(NC(N)=O)C(=O)O. The second-order valence-electron chi connectivity index (χ2n) is 4.29. The van der Waals surface area contributed by atoms with Crippen LogP contribution in [0.2, 0.25) is 0 Å². The molecular weight excluding hydrogens is 208 g/mol. The number of carboxylic acids is 1. The van der Waals surface area contributed by atoms with Gasteiger partial charge < -0.3 is 16.2 Å². The molecule has 0 rings (SSSR count). The van der Waals surface area contributed by atoms with Gasteiger partial charge >= 0.3 is 12.0 Å². The number of hydrogen-bond acceptors (Lipinski definition) is 2. The van der Waals surface area contributed by atoms with Crippen LogP contribution in [0.3, 0.4) is 0 Å². The van der Waals surface area contributed by atoms with Gasteiger partial charge in [0.2, 0.25) is 0 Å². The summed E-state index contributed by atoms with van der Waals surface area (Å²) in [5, 5.41) is 11.3. The fraction of sp³-hybridized carbons (Fsp3) is 0.818. The first kappa shape index (κ1) is 14.7. The molecule has 0 aromatic carbocycles. The average molecular weight is 230 g/mol. The van der Waals surface area contributed by atoms with E-state index in [2.05, 4.69) is 12.2 Å². The van der Waals surface area contributed by atoms with Crippen LogP contribution in [0.25, 0.3) is 0 Å². The number of carboxylic acid groups (broad SMARTS) is 1. The van der Waals surface area contributed by atoms with Gasteiger partial charge in [0.05, 0.1) is 0 Å². The van der Waals surface area contributed by atoms with E-state index in [1.54, 1.807) is 0 Å². The number of unbranched alkanes of at least 4 members (excludes halogenated alkanes) is 4. The van der Waals surface area contributed by atoms with Crippen molar-refractivity contribution >= 4 is 12.0 Å². The quantitative estimate of drug-likeness (QED) is 0.556. The summed E-state index contributed by atoms with van der Waals surface area (Å²) < 4.78 is 0. The average Bonchev–Trinajstić information content (AvgIpc) is 2.16. The van der Waals surface area contributed by atoms with Gasteiger partial charge in [-0.3, -0.25) is 0 Å². The third kappa shape index (κ3) is 5.58. The summed E-state index contributed by atoms with van der Waals surface area (Å²) in [4.78, 5) is 21.7. The summed E-state index contributed by atoms with van der Waals surface area (Å²) in [5.74, 6) is -1.04. The zero-order valence-corrected chi connectivity index (χ0v) is 10.1. The van der Waals surface area contributed by atoms with Crippen molar-refractivity contribution < 1.29 is 14.7 Å². The third-order valence-electron chi connectivity index (χ3n) is 2.65. The summed E-state index contributed by atoms with van der Waals surface area (Å²) in [5.41, 5.74) is 3.72. The first-order valence-electron chi connectivity index (χ1n) is 5.73. The van der Waals surface area contributed by atoms with E-state index in [4.69, 9.17) is 10.8 Å². The molecule has 0 fully saturated rings. The van der Waals surface area contributed by atoms with E-state index in [9.17, 15) is 9.59 Å². The molecule has 1 unspecified atom stereocenters. The van der Waals surface area contributed by atoms with Gasteiger partial charge in [0.1, 0.15) is 5.54 Å². The fourth-order valence-electron chi connectivity index (χ4n) is 1.58. The number of carbonyl (C=O) groups is 2. The molecule has 0 radical (unpaired) electrons. The number of aliphatic carboxylic acids is 1. The number of urea groups is 1. The van der Waals surface area contributed by atoms with E-state index in [0.29, 0.717) is 6.42 Å². The summed E-state index contributed by atoms with van der Waals surface area (Å²) in [7, 11) is 0. The molecule has 0 aromatic rings. The van der Waals surface area contributed by atoms with E-state index < -0.39 is 17.5 Å². The molecule has 0 bridgehead atoms. The lowest BCUT2D eigenvalue weighted by Gasteiger charge is -2.25. The zero-order valence-electron chi connectivity index (χ0n) is 10.1. The van der Waals surface area contributed by atoms with Gasteiger partial charge in [-0.15, -0.1) is 0 Å². The van der Waals surface area contributed by atoms with Gasteiger partial charge in [-0.1, -0.05) is 39.0 Å². The fourth-order valence-corrected chi connectivity index (χ4v) is 1.58. The third-order valence-corrected chi connectivity index (χ3v) is 2.65. The van der Waals surface area contributed by atoms with Crippen LogP contribution in [0.1, 0.15) is 52.4 Å². The summed E-state index contributed by atoms with van der Waals surface area (Å²) >= 11 is 0. The monoisotopic (exact) mass is 230 g/mol. The first-order valence-corrected chi connectivity index (χ1v) is 5.73. The van der Waals surface area contributed by atoms with Gasteiger partial charge in [0.25, 0.3) is 0 Å². The van der Waals surface area contributed by atoms with Crippen molar-refractivity contribution in [2.24, 2.45) is 5.73 Å². The second-order valence-corrected chi connectivity index (χ2v) is 4.29. The van der Waals surface area contributed by atoms with Crippen LogP contribution in [0, 0.1) is 0 Å². The first-order chi connectivity index (χ1) is 7.42. The molecule has 0 saturated carbocycles. The molecule has 94 valence electrons. The molecule has 5 heteroatoms. The smallest absolute Gasteiger partial charge is 0.329 e. The van der Waals surface area contributed by atoms with Crippen LogP contribution in [-0.4, -0.2) is 22.6 Å². The minimum absolute atomic E-state index is 0.412. The molecule has 16 heavy (non-hydrogen) atoms. The van der Waals surface area contributed by atoms with Crippen LogP contribution in [0.15, 0.2) is 0 Å². The van der Waals surface area contributed by atoms with Crippen molar-refractivity contribution in [3.63, 3.8) is 0 Å². The molecule has 0 spiro atoms. The number of nitrogens with two attached hydrogens (primary N) is 1. The molecule has 5 nitrogen and oxygen atoms in total. The van der Waals surface area contributed by atoms with Gasteiger partial charge in [0, 0.05) is 0 Å². The molecule has 2 amide bonds. The highest BCUT2D eigenvalue weighted by molar-refractivity contribution is 5.85. The summed E-state index contributed by atoms with van der Waals surface area (Å²) in [6.45, 7) is 3.61. The van der Waals surface area contributed by atoms with E-state index in [1.807, 2.05) is 0 Å². The molecule has 0 aromatic heterocycles. The Morgan fingerprint density at radius 2 is 1.81 bits per heavy atom. The molecule has 0 aliphatic rings. The number of hydrogen-bond donors (Lipinski definition) is 3. The highest BCUT2D eigenvalue weighted by atomic mass is 16.4. The Labute approximate surface area is 96.4 Å². The molecule has 0 saturated heterocycles. The maximum absolute atomic E-state index is 11.0. The molecule has 1 atom stereocenters. The second kappa shape index (κ2) is 7.09. The van der Waals surface area contributed by atoms with E-state index >= 15 is 0 Å². The Morgan fingerprint density at radius 1 is 1.25 bits per heavy atom. The maximum Gasteiger partial charge on any atom is 0.329 e. The lowest BCUT2D eigenvalue weighted by atomic mass is 9.94. The van der Waals surface area contributed by atoms with Crippen molar-refractivity contribution in [1.82, 2.24) is 5.32 Å². The predicted octanol–water partition coefficient (Wildman–Crippen LogP) is 1.86. The highest BCUT2D eigenvalue weighted by Crippen LogP contribution is 2.16. The van der Waals surface area contributed by atoms with Crippen molar-refractivity contribution in [3.05, 3.63) is 0 Å². The highest BCUT2D eigenvalue weighted by Gasteiger charge is 2.33. The number of carbonyl (C=O) groups excluding carboxylic acids is 1. The molecular formula is C11H22N2O3. The van der Waals surface area contributed by atoms with Crippen molar-refractivity contribution in [1.29, 1.82) is 0 Å². The van der Waals surface area contributed by atoms with E-state index in [0.717, 1.165) is 32.1 Å². The Morgan fingerprint density at radius 3 is 2.25 bits per heavy atom. The van der Waals surface area contributed by atoms with Crippen LogP contribution in [0.5, 0.6) is 0 Å². The Hall–Kier alpha value is -1.26. The number of rotatable bonds is 8. The van der Waals surface area contributed by atoms with Crippen LogP contribution >= 0.6 is 0 Å². The van der Waals surface area contributed by atoms with Gasteiger partial charge in [-0.2, -0.15) is 0 Å². The normalized spacial score (nSPS) is 14.1. The van der Waals surface area contributed by atoms with Crippen LogP contribution in [-0.2, 0) is 4.79 Å². The molecule has 0 aliphatic carbocycles. The molecule has 0 heterocycles. The Kier molecular flexibility index (Phi) is 6.53. The zero-order chi connectivity index (χ0) is 12.6. The number of amides is 2. The van der Waals surface area contributed by atoms with Gasteiger partial charge in [0.15, 0.2) is 0 Å². The minimum Gasteiger partial charge on any atom is -0.480 e. The van der Waals surface area contributed by atoms with E-state index in [-0.39, 0.29) is 0 Å². The lowest BCUT2D eigenvalue weighted by Crippen LogP contribution is -2.53. The largest absolute Gasteiger partial charge is 0.480 e. The lowest BCUT2D eigenvalue weighted by molar-refractivity contribution is -0.144. The molecule has 4 N–H and O–H groups in total. The predicted molar refractivity (Wildman–Crippen MR) is 62.1 cm³/mol. The molecule has 0 aliphatic heterocycles. The van der Waals surface area contributed by atoms with Crippen LogP contribution < -0.4 is 11.1 Å². The Balaban J connectivity index is 4.03. The van der Waals surface area contributed by atoms with Crippen molar-refractivity contribution in [2.45, 2.75) is 57.9 Å². The van der Waals surface area contributed by atoms with Gasteiger partial charge in [-0.05, 0) is 13.3 Å². The van der Waals surface area contributed by atoms with Crippen molar-refractivity contribution in [2.75, 3.05) is 0 Å². The Bertz CT molecular complexity index is 243. The number of primary amides is 1. The van der Waals surface area contributed by atoms with Crippen molar-refractivity contribution in [3.8, 4) is 0 Å². The van der Waals surface area contributed by atoms with Gasteiger partial charge in [-0.25, -0.2) is 9.59 Å². The standard InChI is InChI=1S/C11H22N2O3/c1-3-4-5-6-7-8-11(2,9(14)15)13-10(12)16/h3-8H2,1-2H3,(H,14,15)(H3,12,13,16). The topological polar surface area (TPSA) is 92.4 Å². The summed E-state index contributed by atoms with van der Waals surface area (Å²) in [6, 6.07) is -0.793. The maximum atomic E-state index is 11.0. The van der Waals surface area contributed by atoms with E-state index in [1.165, 1.54) is 6.92 Å². The number of nitrogens with one attached hydrogen (secondary N) is 1. The summed E-state index contributed by atoms with van der Waals surface area (Å²) in [6.07, 6.45) is 5.58. The minimum atomic E-state index is -1.24.